The summed E-state index contributed by atoms with van der Waals surface area (Å²) in [7, 11) is 0. The highest BCUT2D eigenvalue weighted by molar-refractivity contribution is 7.80. The lowest BCUT2D eigenvalue weighted by Gasteiger charge is -2.36. The molecule has 28 heavy (non-hydrogen) atoms. The average molecular weight is 442 g/mol. The number of hydrazine groups is 1. The van der Waals surface area contributed by atoms with Crippen molar-refractivity contribution in [1.29, 1.82) is 0 Å². The molecule has 0 bridgehead atoms. The Labute approximate surface area is 177 Å². The maximum absolute atomic E-state index is 13.0. The monoisotopic (exact) mass is 441 g/mol. The third kappa shape index (κ3) is 5.37. The summed E-state index contributed by atoms with van der Waals surface area (Å²) >= 11 is 17.1. The lowest BCUT2D eigenvalue weighted by molar-refractivity contribution is 0.192. The molecule has 0 aliphatic carbocycles. The van der Waals surface area contributed by atoms with Crippen molar-refractivity contribution in [3.63, 3.8) is 0 Å². The summed E-state index contributed by atoms with van der Waals surface area (Å²) in [4.78, 5) is 16.1. The van der Waals surface area contributed by atoms with Gasteiger partial charge in [0.2, 0.25) is 0 Å². The second kappa shape index (κ2) is 9.27. The summed E-state index contributed by atoms with van der Waals surface area (Å²) in [5, 5.41) is 4.02. The lowest BCUT2D eigenvalue weighted by atomic mass is 10.2. The van der Waals surface area contributed by atoms with Gasteiger partial charge in [-0.2, -0.15) is 0 Å². The number of hydrogen-bond donors (Lipinski definition) is 3. The number of anilines is 2. The van der Waals surface area contributed by atoms with E-state index in [0.717, 1.165) is 5.69 Å². The molecule has 0 spiro atoms. The smallest absolute Gasteiger partial charge is 0.336 e. The normalized spacial score (nSPS) is 13.8. The summed E-state index contributed by atoms with van der Waals surface area (Å²) in [6, 6.07) is 11.0. The van der Waals surface area contributed by atoms with Crippen molar-refractivity contribution < 1.29 is 9.18 Å². The molecule has 2 aromatic rings. The second-order valence-corrected chi connectivity index (χ2v) is 7.34. The van der Waals surface area contributed by atoms with E-state index in [0.29, 0.717) is 41.9 Å². The van der Waals surface area contributed by atoms with Gasteiger partial charge in [-0.05, 0) is 54.7 Å². The number of piperazine rings is 1. The quantitative estimate of drug-likeness (QED) is 0.487. The number of carbonyl (C=O) groups excluding carboxylic acids is 1. The van der Waals surface area contributed by atoms with Crippen LogP contribution in [0.5, 0.6) is 0 Å². The number of rotatable bonds is 2. The van der Waals surface area contributed by atoms with Crippen LogP contribution in [0.15, 0.2) is 42.5 Å². The Morgan fingerprint density at radius 3 is 2.32 bits per heavy atom. The van der Waals surface area contributed by atoms with Gasteiger partial charge in [0.05, 0.1) is 10.7 Å². The largest absolute Gasteiger partial charge is 0.368 e. The Morgan fingerprint density at radius 2 is 1.68 bits per heavy atom. The first-order chi connectivity index (χ1) is 13.4. The molecule has 3 rings (SSSR count). The highest BCUT2D eigenvalue weighted by Gasteiger charge is 2.21. The first kappa shape index (κ1) is 20.4. The topological polar surface area (TPSA) is 59.6 Å². The number of hydrogen-bond acceptors (Lipinski definition) is 3. The van der Waals surface area contributed by atoms with Crippen LogP contribution in [-0.4, -0.2) is 42.2 Å². The Hall–Kier alpha value is -2.29. The second-order valence-electron chi connectivity index (χ2n) is 6.08. The zero-order valence-electron chi connectivity index (χ0n) is 14.7. The highest BCUT2D eigenvalue weighted by Crippen LogP contribution is 2.25. The molecule has 1 fully saturated rings. The van der Waals surface area contributed by atoms with Gasteiger partial charge in [0.25, 0.3) is 0 Å². The lowest BCUT2D eigenvalue weighted by Crippen LogP contribution is -2.55. The molecule has 10 heteroatoms. The zero-order chi connectivity index (χ0) is 20.1. The first-order valence-electron chi connectivity index (χ1n) is 8.50. The van der Waals surface area contributed by atoms with E-state index in [9.17, 15) is 9.18 Å². The van der Waals surface area contributed by atoms with Crippen LogP contribution in [0.3, 0.4) is 0 Å². The van der Waals surface area contributed by atoms with Crippen LogP contribution in [0.25, 0.3) is 0 Å². The number of nitrogens with one attached hydrogen (secondary N) is 3. The summed E-state index contributed by atoms with van der Waals surface area (Å²) in [5.41, 5.74) is 6.72. The molecular formula is C18H18Cl2FN5OS. The van der Waals surface area contributed by atoms with E-state index >= 15 is 0 Å². The van der Waals surface area contributed by atoms with Crippen LogP contribution in [0.4, 0.5) is 20.6 Å². The Balaban J connectivity index is 1.44. The van der Waals surface area contributed by atoms with Gasteiger partial charge >= 0.3 is 6.03 Å². The van der Waals surface area contributed by atoms with Crippen LogP contribution in [0.2, 0.25) is 10.0 Å². The van der Waals surface area contributed by atoms with Crippen LogP contribution >= 0.6 is 35.4 Å². The van der Waals surface area contributed by atoms with Crippen molar-refractivity contribution in [2.24, 2.45) is 0 Å². The number of urea groups is 1. The minimum atomic E-state index is -0.287. The molecule has 0 atom stereocenters. The van der Waals surface area contributed by atoms with Gasteiger partial charge in [-0.1, -0.05) is 23.2 Å². The third-order valence-electron chi connectivity index (χ3n) is 4.22. The molecule has 1 aliphatic heterocycles. The highest BCUT2D eigenvalue weighted by atomic mass is 35.5. The van der Waals surface area contributed by atoms with Crippen LogP contribution in [-0.2, 0) is 0 Å². The average Bonchev–Trinajstić information content (AvgIpc) is 2.69. The fraction of sp³-hybridized carbons (Fsp3) is 0.222. The van der Waals surface area contributed by atoms with Crippen molar-refractivity contribution in [3.05, 3.63) is 58.3 Å². The summed E-state index contributed by atoms with van der Waals surface area (Å²) in [6.45, 7) is 2.38. The van der Waals surface area contributed by atoms with E-state index in [1.807, 2.05) is 0 Å². The zero-order valence-corrected chi connectivity index (χ0v) is 17.0. The van der Waals surface area contributed by atoms with Gasteiger partial charge in [-0.15, -0.1) is 0 Å². The number of benzene rings is 2. The summed E-state index contributed by atoms with van der Waals surface area (Å²) < 4.78 is 13.0. The van der Waals surface area contributed by atoms with E-state index < -0.39 is 0 Å². The van der Waals surface area contributed by atoms with Crippen LogP contribution in [0.1, 0.15) is 0 Å². The van der Waals surface area contributed by atoms with E-state index in [2.05, 4.69) is 21.1 Å². The number of carbonyl (C=O) groups is 1. The fourth-order valence-electron chi connectivity index (χ4n) is 2.75. The molecule has 6 nitrogen and oxygen atoms in total. The Morgan fingerprint density at radius 1 is 1.00 bits per heavy atom. The molecule has 2 aromatic carbocycles. The molecule has 3 N–H and O–H groups in total. The van der Waals surface area contributed by atoms with Crippen molar-refractivity contribution in [1.82, 2.24) is 15.8 Å². The van der Waals surface area contributed by atoms with Gasteiger partial charge in [0.1, 0.15) is 5.82 Å². The fourth-order valence-corrected chi connectivity index (χ4v) is 3.37. The molecular weight excluding hydrogens is 424 g/mol. The van der Waals surface area contributed by atoms with Gasteiger partial charge in [0.15, 0.2) is 5.11 Å². The molecule has 0 aromatic heterocycles. The van der Waals surface area contributed by atoms with Crippen molar-refractivity contribution >= 4 is 57.9 Å². The van der Waals surface area contributed by atoms with Crippen molar-refractivity contribution in [3.8, 4) is 0 Å². The predicted molar refractivity (Wildman–Crippen MR) is 115 cm³/mol. The van der Waals surface area contributed by atoms with E-state index in [1.54, 1.807) is 35.2 Å². The molecule has 1 heterocycles. The molecule has 0 radical (unpaired) electrons. The Kier molecular flexibility index (Phi) is 6.77. The predicted octanol–water partition coefficient (Wildman–Crippen LogP) is 3.87. The maximum atomic E-state index is 13.0. The SMILES string of the molecule is O=C(NNC(=S)Nc1ccc(Cl)cc1Cl)N1CCN(c2ccc(F)cc2)CC1. The number of amides is 2. The number of halogens is 3. The van der Waals surface area contributed by atoms with Gasteiger partial charge < -0.3 is 15.1 Å². The first-order valence-corrected chi connectivity index (χ1v) is 9.66. The Bertz CT molecular complexity index is 860. The van der Waals surface area contributed by atoms with Crippen molar-refractivity contribution in [2.45, 2.75) is 0 Å². The van der Waals surface area contributed by atoms with E-state index in [-0.39, 0.29) is 17.0 Å². The van der Waals surface area contributed by atoms with Gasteiger partial charge in [0, 0.05) is 36.9 Å². The minimum absolute atomic E-state index is 0.197. The minimum Gasteiger partial charge on any atom is -0.368 e. The third-order valence-corrected chi connectivity index (χ3v) is 4.97. The summed E-state index contributed by atoms with van der Waals surface area (Å²) in [5.74, 6) is -0.266. The van der Waals surface area contributed by atoms with Gasteiger partial charge in [-0.25, -0.2) is 14.6 Å². The molecule has 1 aliphatic rings. The molecule has 0 saturated carbocycles. The molecule has 2 amide bonds. The van der Waals surface area contributed by atoms with Gasteiger partial charge in [-0.3, -0.25) is 5.43 Å². The molecule has 0 unspecified atom stereocenters. The molecule has 1 saturated heterocycles. The number of nitrogens with zero attached hydrogens (tertiary/aromatic N) is 2. The standard InChI is InChI=1S/C18H18Cl2FN5OS/c19-12-1-6-16(15(20)11-12)22-17(28)23-24-18(27)26-9-7-25(8-10-26)14-4-2-13(21)3-5-14/h1-6,11H,7-10H2,(H,24,27)(H2,22,23,28). The van der Waals surface area contributed by atoms with Crippen molar-refractivity contribution in [2.75, 3.05) is 36.4 Å². The number of thiocarbonyl (C=S) groups is 1. The van der Waals surface area contributed by atoms with Crippen LogP contribution in [0, 0.1) is 5.82 Å². The van der Waals surface area contributed by atoms with Crippen LogP contribution < -0.4 is 21.1 Å². The van der Waals surface area contributed by atoms with E-state index in [4.69, 9.17) is 35.4 Å². The molecule has 148 valence electrons. The maximum Gasteiger partial charge on any atom is 0.336 e. The summed E-state index contributed by atoms with van der Waals surface area (Å²) in [6.07, 6.45) is 0. The van der Waals surface area contributed by atoms with E-state index in [1.165, 1.54) is 12.1 Å².